The second-order valence-corrected chi connectivity index (χ2v) is 7.41. The number of carbonyl (C=O) groups excluding carboxylic acids is 2. The van der Waals surface area contributed by atoms with E-state index in [0.29, 0.717) is 17.1 Å². The molecule has 0 unspecified atom stereocenters. The van der Waals surface area contributed by atoms with Crippen LogP contribution in [-0.4, -0.2) is 33.6 Å². The van der Waals surface area contributed by atoms with Crippen molar-refractivity contribution in [3.63, 3.8) is 0 Å². The third kappa shape index (κ3) is 4.68. The van der Waals surface area contributed by atoms with E-state index in [2.05, 4.69) is 20.7 Å². The van der Waals surface area contributed by atoms with Gasteiger partial charge in [-0.15, -0.1) is 0 Å². The monoisotopic (exact) mass is 445 g/mol. The molecule has 2 heterocycles. The normalized spacial score (nSPS) is 10.6. The van der Waals surface area contributed by atoms with Crippen molar-refractivity contribution in [2.24, 2.45) is 0 Å². The van der Waals surface area contributed by atoms with Crippen LogP contribution in [0.2, 0.25) is 5.02 Å². The van der Waals surface area contributed by atoms with Crippen molar-refractivity contribution in [2.45, 2.75) is 6.54 Å². The zero-order valence-corrected chi connectivity index (χ0v) is 18.0. The number of nitrogens with zero attached hydrogens (tertiary/aromatic N) is 3. The van der Waals surface area contributed by atoms with Crippen molar-refractivity contribution in [1.29, 1.82) is 0 Å². The molecule has 0 aliphatic rings. The lowest BCUT2D eigenvalue weighted by Crippen LogP contribution is -2.23. The minimum atomic E-state index is -0.295. The highest BCUT2D eigenvalue weighted by atomic mass is 35.5. The minimum Gasteiger partial charge on any atom is -0.355 e. The quantitative estimate of drug-likeness (QED) is 0.471. The van der Waals surface area contributed by atoms with Gasteiger partial charge in [0.05, 0.1) is 16.3 Å². The van der Waals surface area contributed by atoms with E-state index in [9.17, 15) is 9.59 Å². The molecule has 0 aliphatic carbocycles. The highest BCUT2D eigenvalue weighted by molar-refractivity contribution is 6.34. The predicted octanol–water partition coefficient (Wildman–Crippen LogP) is 3.88. The largest absolute Gasteiger partial charge is 0.355 e. The number of hydrogen-bond acceptors (Lipinski definition) is 4. The summed E-state index contributed by atoms with van der Waals surface area (Å²) >= 11 is 6.14. The summed E-state index contributed by atoms with van der Waals surface area (Å²) in [6.07, 6.45) is 5.14. The fourth-order valence-corrected chi connectivity index (χ4v) is 3.45. The molecular formula is C24H20ClN5O2. The molecule has 0 bridgehead atoms. The molecule has 2 aromatic carbocycles. The molecule has 0 aliphatic heterocycles. The zero-order chi connectivity index (χ0) is 22.5. The summed E-state index contributed by atoms with van der Waals surface area (Å²) in [5.41, 5.74) is 4.02. The Morgan fingerprint density at radius 1 is 0.969 bits per heavy atom. The maximum atomic E-state index is 12.7. The van der Waals surface area contributed by atoms with Crippen LogP contribution >= 0.6 is 11.6 Å². The fraction of sp³-hybridized carbons (Fsp3) is 0.0833. The molecule has 0 spiro atoms. The van der Waals surface area contributed by atoms with E-state index in [4.69, 9.17) is 11.6 Å². The molecular weight excluding hydrogens is 426 g/mol. The van der Waals surface area contributed by atoms with Gasteiger partial charge in [-0.25, -0.2) is 4.68 Å². The number of rotatable bonds is 6. The SMILES string of the molecule is CNC(=O)c1cc(-c2ccnc(C(=O)NCc3cccc(-n4cccn4)c3)c2)ccc1Cl. The Balaban J connectivity index is 1.50. The van der Waals surface area contributed by atoms with Gasteiger partial charge in [0.1, 0.15) is 5.69 Å². The molecule has 8 heteroatoms. The molecule has 2 N–H and O–H groups in total. The van der Waals surface area contributed by atoms with Crippen molar-refractivity contribution in [3.8, 4) is 16.8 Å². The molecule has 0 radical (unpaired) electrons. The first-order chi connectivity index (χ1) is 15.5. The Bertz CT molecular complexity index is 1270. The fourth-order valence-electron chi connectivity index (χ4n) is 3.25. The van der Waals surface area contributed by atoms with Crippen LogP contribution in [-0.2, 0) is 6.54 Å². The number of pyridine rings is 1. The highest BCUT2D eigenvalue weighted by Gasteiger charge is 2.13. The summed E-state index contributed by atoms with van der Waals surface area (Å²) < 4.78 is 1.76. The number of aromatic nitrogens is 3. The van der Waals surface area contributed by atoms with E-state index in [1.807, 2.05) is 36.5 Å². The summed E-state index contributed by atoms with van der Waals surface area (Å²) in [4.78, 5) is 28.9. The molecule has 0 atom stereocenters. The lowest BCUT2D eigenvalue weighted by atomic mass is 10.0. The van der Waals surface area contributed by atoms with Gasteiger partial charge in [-0.05, 0) is 59.2 Å². The van der Waals surface area contributed by atoms with Gasteiger partial charge in [0.2, 0.25) is 0 Å². The molecule has 0 saturated carbocycles. The molecule has 2 amide bonds. The molecule has 4 rings (SSSR count). The summed E-state index contributed by atoms with van der Waals surface area (Å²) in [6, 6.07) is 18.2. The van der Waals surface area contributed by atoms with Crippen LogP contribution < -0.4 is 10.6 Å². The van der Waals surface area contributed by atoms with Crippen molar-refractivity contribution in [1.82, 2.24) is 25.4 Å². The van der Waals surface area contributed by atoms with Gasteiger partial charge in [-0.1, -0.05) is 29.8 Å². The Labute approximate surface area is 190 Å². The Kier molecular flexibility index (Phi) is 6.28. The van der Waals surface area contributed by atoms with Gasteiger partial charge in [0, 0.05) is 32.2 Å². The van der Waals surface area contributed by atoms with Crippen molar-refractivity contribution in [2.75, 3.05) is 7.05 Å². The van der Waals surface area contributed by atoms with E-state index in [0.717, 1.165) is 22.4 Å². The zero-order valence-electron chi connectivity index (χ0n) is 17.2. The third-order valence-electron chi connectivity index (χ3n) is 4.90. The lowest BCUT2D eigenvalue weighted by molar-refractivity contribution is 0.0942. The summed E-state index contributed by atoms with van der Waals surface area (Å²) in [6.45, 7) is 0.349. The van der Waals surface area contributed by atoms with Crippen LogP contribution in [0.1, 0.15) is 26.4 Å². The van der Waals surface area contributed by atoms with Gasteiger partial charge in [0.25, 0.3) is 11.8 Å². The molecule has 0 fully saturated rings. The standard InChI is InChI=1S/C24H20ClN5O2/c1-26-23(31)20-13-17(6-7-21(20)25)18-8-10-27-22(14-18)24(32)28-15-16-4-2-5-19(12-16)30-11-3-9-29-30/h2-14H,15H2,1H3,(H,26,31)(H,28,32). The summed E-state index contributed by atoms with van der Waals surface area (Å²) in [5.74, 6) is -0.571. The van der Waals surface area contributed by atoms with E-state index in [1.54, 1.807) is 54.5 Å². The minimum absolute atomic E-state index is 0.277. The molecule has 32 heavy (non-hydrogen) atoms. The van der Waals surface area contributed by atoms with E-state index < -0.39 is 0 Å². The first-order valence-corrected chi connectivity index (χ1v) is 10.3. The highest BCUT2D eigenvalue weighted by Crippen LogP contribution is 2.25. The van der Waals surface area contributed by atoms with Gasteiger partial charge in [0.15, 0.2) is 0 Å². The van der Waals surface area contributed by atoms with Crippen LogP contribution in [0.4, 0.5) is 0 Å². The number of carbonyl (C=O) groups is 2. The first-order valence-electron chi connectivity index (χ1n) is 9.90. The van der Waals surface area contributed by atoms with Crippen molar-refractivity contribution >= 4 is 23.4 Å². The topological polar surface area (TPSA) is 88.9 Å². The van der Waals surface area contributed by atoms with Gasteiger partial charge in [-0.3, -0.25) is 14.6 Å². The van der Waals surface area contributed by atoms with Crippen LogP contribution in [0.3, 0.4) is 0 Å². The maximum Gasteiger partial charge on any atom is 0.270 e. The first kappa shape index (κ1) is 21.3. The molecule has 7 nitrogen and oxygen atoms in total. The summed E-state index contributed by atoms with van der Waals surface area (Å²) in [5, 5.41) is 10.0. The van der Waals surface area contributed by atoms with Gasteiger partial charge in [-0.2, -0.15) is 5.10 Å². The van der Waals surface area contributed by atoms with Crippen LogP contribution in [0, 0.1) is 0 Å². The predicted molar refractivity (Wildman–Crippen MR) is 123 cm³/mol. The van der Waals surface area contributed by atoms with Crippen LogP contribution in [0.5, 0.6) is 0 Å². The second-order valence-electron chi connectivity index (χ2n) is 7.01. The molecule has 0 saturated heterocycles. The number of benzene rings is 2. The number of nitrogens with one attached hydrogen (secondary N) is 2. The van der Waals surface area contributed by atoms with E-state index in [1.165, 1.54) is 0 Å². The van der Waals surface area contributed by atoms with Gasteiger partial charge < -0.3 is 10.6 Å². The smallest absolute Gasteiger partial charge is 0.270 e. The number of amides is 2. The molecule has 4 aromatic rings. The van der Waals surface area contributed by atoms with Crippen molar-refractivity contribution < 1.29 is 9.59 Å². The van der Waals surface area contributed by atoms with Crippen LogP contribution in [0.25, 0.3) is 16.8 Å². The Morgan fingerprint density at radius 3 is 2.59 bits per heavy atom. The Hall–Kier alpha value is -3.97. The number of halogens is 1. The average molecular weight is 446 g/mol. The Morgan fingerprint density at radius 2 is 1.81 bits per heavy atom. The van der Waals surface area contributed by atoms with Gasteiger partial charge >= 0.3 is 0 Å². The van der Waals surface area contributed by atoms with Crippen LogP contribution in [0.15, 0.2) is 79.3 Å². The maximum absolute atomic E-state index is 12.7. The second kappa shape index (κ2) is 9.45. The third-order valence-corrected chi connectivity index (χ3v) is 5.23. The van der Waals surface area contributed by atoms with E-state index in [-0.39, 0.29) is 17.5 Å². The van der Waals surface area contributed by atoms with E-state index >= 15 is 0 Å². The summed E-state index contributed by atoms with van der Waals surface area (Å²) in [7, 11) is 1.55. The average Bonchev–Trinajstić information content (AvgIpc) is 3.38. The lowest BCUT2D eigenvalue weighted by Gasteiger charge is -2.09. The molecule has 160 valence electrons. The molecule has 2 aromatic heterocycles. The number of hydrogen-bond donors (Lipinski definition) is 2. The van der Waals surface area contributed by atoms with Crippen molar-refractivity contribution in [3.05, 3.63) is 101 Å².